The van der Waals surface area contributed by atoms with Crippen LogP contribution in [0.5, 0.6) is 0 Å². The quantitative estimate of drug-likeness (QED) is 0.578. The van der Waals surface area contributed by atoms with Gasteiger partial charge in [0, 0.05) is 13.0 Å². The monoisotopic (exact) mass is 171 g/mol. The summed E-state index contributed by atoms with van der Waals surface area (Å²) in [5.74, 6) is 0.661. The first-order valence-electron chi connectivity index (χ1n) is 4.70. The Morgan fingerprint density at radius 2 is 2.25 bits per heavy atom. The minimum atomic E-state index is -0.0440. The molecule has 0 saturated carbocycles. The van der Waals surface area contributed by atoms with Crippen LogP contribution in [0.25, 0.3) is 0 Å². The number of nitrogens with two attached hydrogens (primary N) is 1. The molecule has 0 aromatic heterocycles. The summed E-state index contributed by atoms with van der Waals surface area (Å²) >= 11 is 0. The summed E-state index contributed by atoms with van der Waals surface area (Å²) in [7, 11) is 0. The van der Waals surface area contributed by atoms with Gasteiger partial charge in [-0.05, 0) is 12.3 Å². The molecule has 0 aromatic carbocycles. The summed E-state index contributed by atoms with van der Waals surface area (Å²) in [6.45, 7) is 4.55. The molecule has 0 radical (unpaired) electrons. The number of rotatable bonds is 0. The van der Waals surface area contributed by atoms with Gasteiger partial charge in [-0.1, -0.05) is 6.92 Å². The third-order valence-electron chi connectivity index (χ3n) is 2.99. The average molecular weight is 171 g/mol. The van der Waals surface area contributed by atoms with Gasteiger partial charge in [0.1, 0.15) is 0 Å². The van der Waals surface area contributed by atoms with Crippen molar-refractivity contribution >= 4 is 0 Å². The van der Waals surface area contributed by atoms with E-state index in [9.17, 15) is 0 Å². The Morgan fingerprint density at radius 1 is 1.42 bits per heavy atom. The van der Waals surface area contributed by atoms with Gasteiger partial charge in [-0.2, -0.15) is 0 Å². The van der Waals surface area contributed by atoms with E-state index in [0.29, 0.717) is 12.5 Å². The van der Waals surface area contributed by atoms with Gasteiger partial charge < -0.3 is 15.2 Å². The van der Waals surface area contributed by atoms with Crippen LogP contribution in [0.1, 0.15) is 19.8 Å². The van der Waals surface area contributed by atoms with Gasteiger partial charge in [0.05, 0.1) is 24.9 Å². The second-order valence-electron chi connectivity index (χ2n) is 4.12. The van der Waals surface area contributed by atoms with Gasteiger partial charge in [0.2, 0.25) is 0 Å². The maximum atomic E-state index is 5.99. The van der Waals surface area contributed by atoms with Crippen LogP contribution in [0.3, 0.4) is 0 Å². The molecular weight excluding hydrogens is 154 g/mol. The van der Waals surface area contributed by atoms with Crippen LogP contribution < -0.4 is 5.73 Å². The van der Waals surface area contributed by atoms with Gasteiger partial charge in [-0.15, -0.1) is 0 Å². The van der Waals surface area contributed by atoms with Crippen molar-refractivity contribution in [3.8, 4) is 0 Å². The zero-order valence-corrected chi connectivity index (χ0v) is 7.58. The van der Waals surface area contributed by atoms with Gasteiger partial charge in [-0.3, -0.25) is 0 Å². The molecule has 2 N–H and O–H groups in total. The lowest BCUT2D eigenvalue weighted by Crippen LogP contribution is -2.54. The van der Waals surface area contributed by atoms with Crippen LogP contribution in [-0.2, 0) is 9.47 Å². The molecule has 1 spiro atoms. The van der Waals surface area contributed by atoms with E-state index >= 15 is 0 Å². The molecule has 0 aliphatic carbocycles. The molecule has 2 aliphatic rings. The third-order valence-corrected chi connectivity index (χ3v) is 2.99. The van der Waals surface area contributed by atoms with Crippen molar-refractivity contribution in [2.45, 2.75) is 31.4 Å². The molecule has 2 rings (SSSR count). The van der Waals surface area contributed by atoms with Crippen molar-refractivity contribution in [3.63, 3.8) is 0 Å². The molecule has 0 amide bonds. The van der Waals surface area contributed by atoms with Crippen molar-refractivity contribution in [2.75, 3.05) is 19.8 Å². The Morgan fingerprint density at radius 3 is 2.83 bits per heavy atom. The zero-order valence-electron chi connectivity index (χ0n) is 7.58. The summed E-state index contributed by atoms with van der Waals surface area (Å²) in [5.41, 5.74) is 5.94. The van der Waals surface area contributed by atoms with Crippen molar-refractivity contribution in [2.24, 2.45) is 11.7 Å². The van der Waals surface area contributed by atoms with Gasteiger partial charge in [-0.25, -0.2) is 0 Å². The van der Waals surface area contributed by atoms with Crippen LogP contribution in [0, 0.1) is 5.92 Å². The molecule has 2 fully saturated rings. The first kappa shape index (κ1) is 8.48. The minimum absolute atomic E-state index is 0.0440. The lowest BCUT2D eigenvalue weighted by atomic mass is 9.84. The minimum Gasteiger partial charge on any atom is -0.380 e. The van der Waals surface area contributed by atoms with E-state index in [4.69, 9.17) is 15.2 Å². The highest BCUT2D eigenvalue weighted by molar-refractivity contribution is 4.98. The van der Waals surface area contributed by atoms with Gasteiger partial charge in [0.25, 0.3) is 0 Å². The molecular formula is C9H17NO2. The Balaban J connectivity index is 2.07. The zero-order chi connectivity index (χ0) is 8.60. The highest BCUT2D eigenvalue weighted by atomic mass is 16.5. The topological polar surface area (TPSA) is 44.5 Å². The van der Waals surface area contributed by atoms with E-state index in [2.05, 4.69) is 6.92 Å². The van der Waals surface area contributed by atoms with E-state index in [0.717, 1.165) is 26.1 Å². The molecule has 3 atom stereocenters. The molecule has 70 valence electrons. The average Bonchev–Trinajstić information content (AvgIpc) is 2.41. The second kappa shape index (κ2) is 2.98. The molecule has 3 heteroatoms. The summed E-state index contributed by atoms with van der Waals surface area (Å²) in [5, 5.41) is 0. The molecule has 0 bridgehead atoms. The van der Waals surface area contributed by atoms with Crippen molar-refractivity contribution < 1.29 is 9.47 Å². The third kappa shape index (κ3) is 1.26. The Hall–Kier alpha value is -0.120. The number of hydrogen-bond donors (Lipinski definition) is 1. The standard InChI is InChI=1S/C9H17NO2/c1-7-4-9(12-5-7)2-3-11-6-8(9)10/h7-8H,2-6,10H2,1H3/t7-,8+,9+/m0/s1. The van der Waals surface area contributed by atoms with Crippen LogP contribution in [0.15, 0.2) is 0 Å². The smallest absolute Gasteiger partial charge is 0.0880 e. The molecule has 12 heavy (non-hydrogen) atoms. The largest absolute Gasteiger partial charge is 0.380 e. The lowest BCUT2D eigenvalue weighted by Gasteiger charge is -2.38. The van der Waals surface area contributed by atoms with Crippen LogP contribution in [-0.4, -0.2) is 31.5 Å². The number of hydrogen-bond acceptors (Lipinski definition) is 3. The van der Waals surface area contributed by atoms with Gasteiger partial charge in [0.15, 0.2) is 0 Å². The van der Waals surface area contributed by atoms with Crippen LogP contribution >= 0.6 is 0 Å². The molecule has 3 nitrogen and oxygen atoms in total. The van der Waals surface area contributed by atoms with Crippen molar-refractivity contribution in [3.05, 3.63) is 0 Å². The normalized spacial score (nSPS) is 48.5. The summed E-state index contributed by atoms with van der Waals surface area (Å²) in [4.78, 5) is 0. The second-order valence-corrected chi connectivity index (χ2v) is 4.12. The van der Waals surface area contributed by atoms with E-state index in [-0.39, 0.29) is 11.6 Å². The maximum absolute atomic E-state index is 5.99. The molecule has 2 saturated heterocycles. The van der Waals surface area contributed by atoms with E-state index in [1.165, 1.54) is 0 Å². The maximum Gasteiger partial charge on any atom is 0.0880 e. The molecule has 0 aromatic rings. The van der Waals surface area contributed by atoms with Gasteiger partial charge >= 0.3 is 0 Å². The Labute approximate surface area is 73.2 Å². The first-order valence-corrected chi connectivity index (χ1v) is 4.70. The summed E-state index contributed by atoms with van der Waals surface area (Å²) in [6.07, 6.45) is 2.08. The highest BCUT2D eigenvalue weighted by Gasteiger charge is 2.45. The van der Waals surface area contributed by atoms with Crippen LogP contribution in [0.2, 0.25) is 0 Å². The van der Waals surface area contributed by atoms with Crippen molar-refractivity contribution in [1.82, 2.24) is 0 Å². The predicted molar refractivity (Wildman–Crippen MR) is 45.9 cm³/mol. The fraction of sp³-hybridized carbons (Fsp3) is 1.00. The molecule has 0 unspecified atom stereocenters. The molecule has 2 heterocycles. The Bertz CT molecular complexity index is 170. The van der Waals surface area contributed by atoms with E-state index in [1.54, 1.807) is 0 Å². The highest BCUT2D eigenvalue weighted by Crippen LogP contribution is 2.36. The predicted octanol–water partition coefficient (Wildman–Crippen LogP) is 0.529. The Kier molecular flexibility index (Phi) is 2.10. The fourth-order valence-electron chi connectivity index (χ4n) is 2.24. The number of ether oxygens (including phenoxy) is 2. The lowest BCUT2D eigenvalue weighted by molar-refractivity contribution is -0.0928. The van der Waals surface area contributed by atoms with E-state index in [1.807, 2.05) is 0 Å². The SMILES string of the molecule is C[C@@H]1CO[C@]2(CCOC[C@H]2N)C1. The first-order chi connectivity index (χ1) is 5.73. The molecule has 2 aliphatic heterocycles. The summed E-state index contributed by atoms with van der Waals surface area (Å²) in [6, 6.07) is 0.0798. The van der Waals surface area contributed by atoms with Crippen molar-refractivity contribution in [1.29, 1.82) is 0 Å². The fourth-order valence-corrected chi connectivity index (χ4v) is 2.24. The summed E-state index contributed by atoms with van der Waals surface area (Å²) < 4.78 is 11.1. The van der Waals surface area contributed by atoms with Crippen LogP contribution in [0.4, 0.5) is 0 Å². The van der Waals surface area contributed by atoms with E-state index < -0.39 is 0 Å².